The van der Waals surface area contributed by atoms with Gasteiger partial charge in [-0.1, -0.05) is 17.7 Å². The van der Waals surface area contributed by atoms with Crippen LogP contribution in [-0.4, -0.2) is 17.4 Å². The van der Waals surface area contributed by atoms with E-state index in [-0.39, 0.29) is 11.6 Å². The molecule has 1 rings (SSSR count). The van der Waals surface area contributed by atoms with E-state index in [1.165, 1.54) is 6.20 Å². The smallest absolute Gasteiger partial charge is 0.271 e. The standard InChI is InChI=1S/C9H9ClN2O/c1-2-5-12-9(13)8-7(10)4-3-6-11-8/h2-4,6H,1,5H2,(H,12,13). The molecule has 0 saturated heterocycles. The van der Waals surface area contributed by atoms with Gasteiger partial charge in [0.25, 0.3) is 5.91 Å². The molecule has 1 aromatic rings. The van der Waals surface area contributed by atoms with Gasteiger partial charge in [0.15, 0.2) is 0 Å². The van der Waals surface area contributed by atoms with Crippen LogP contribution in [0.25, 0.3) is 0 Å². The Morgan fingerprint density at radius 2 is 2.54 bits per heavy atom. The number of halogens is 1. The fourth-order valence-corrected chi connectivity index (χ4v) is 1.01. The number of rotatable bonds is 3. The summed E-state index contributed by atoms with van der Waals surface area (Å²) in [5.41, 5.74) is 0.242. The fraction of sp³-hybridized carbons (Fsp3) is 0.111. The maximum absolute atomic E-state index is 11.3. The number of pyridine rings is 1. The largest absolute Gasteiger partial charge is 0.347 e. The molecule has 13 heavy (non-hydrogen) atoms. The number of carbonyl (C=O) groups is 1. The van der Waals surface area contributed by atoms with Crippen molar-refractivity contribution in [2.45, 2.75) is 0 Å². The topological polar surface area (TPSA) is 42.0 Å². The summed E-state index contributed by atoms with van der Waals surface area (Å²) in [6.07, 6.45) is 3.11. The van der Waals surface area contributed by atoms with Gasteiger partial charge in [0.1, 0.15) is 5.69 Å². The number of hydrogen-bond acceptors (Lipinski definition) is 2. The quantitative estimate of drug-likeness (QED) is 0.747. The van der Waals surface area contributed by atoms with E-state index in [0.717, 1.165) is 0 Å². The van der Waals surface area contributed by atoms with Crippen LogP contribution in [0, 0.1) is 0 Å². The lowest BCUT2D eigenvalue weighted by molar-refractivity contribution is 0.0953. The fourth-order valence-electron chi connectivity index (χ4n) is 0.801. The molecule has 0 saturated carbocycles. The van der Waals surface area contributed by atoms with Crippen LogP contribution in [0.1, 0.15) is 10.5 Å². The second kappa shape index (κ2) is 4.62. The number of aromatic nitrogens is 1. The van der Waals surface area contributed by atoms with E-state index in [1.54, 1.807) is 18.2 Å². The van der Waals surface area contributed by atoms with Gasteiger partial charge in [-0.2, -0.15) is 0 Å². The predicted molar refractivity (Wildman–Crippen MR) is 51.8 cm³/mol. The van der Waals surface area contributed by atoms with Crippen molar-refractivity contribution in [1.82, 2.24) is 10.3 Å². The molecule has 1 aromatic heterocycles. The van der Waals surface area contributed by atoms with Crippen molar-refractivity contribution in [2.24, 2.45) is 0 Å². The van der Waals surface area contributed by atoms with Crippen molar-refractivity contribution in [2.75, 3.05) is 6.54 Å². The van der Waals surface area contributed by atoms with Gasteiger partial charge in [-0.3, -0.25) is 4.79 Å². The van der Waals surface area contributed by atoms with Gasteiger partial charge >= 0.3 is 0 Å². The van der Waals surface area contributed by atoms with Crippen LogP contribution in [0.15, 0.2) is 31.0 Å². The first-order chi connectivity index (χ1) is 6.25. The summed E-state index contributed by atoms with van der Waals surface area (Å²) in [5.74, 6) is -0.287. The summed E-state index contributed by atoms with van der Waals surface area (Å²) in [6.45, 7) is 3.89. The Morgan fingerprint density at radius 3 is 3.15 bits per heavy atom. The lowest BCUT2D eigenvalue weighted by Crippen LogP contribution is -2.24. The summed E-state index contributed by atoms with van der Waals surface area (Å²) in [6, 6.07) is 3.30. The molecule has 0 aliphatic rings. The first-order valence-corrected chi connectivity index (χ1v) is 4.13. The highest BCUT2D eigenvalue weighted by molar-refractivity contribution is 6.33. The summed E-state index contributed by atoms with van der Waals surface area (Å²) in [5, 5.41) is 2.94. The minimum atomic E-state index is -0.287. The van der Waals surface area contributed by atoms with Gasteiger partial charge < -0.3 is 5.32 Å². The van der Waals surface area contributed by atoms with Crippen molar-refractivity contribution in [3.8, 4) is 0 Å². The third-order valence-corrected chi connectivity index (χ3v) is 1.69. The zero-order chi connectivity index (χ0) is 9.68. The molecule has 1 heterocycles. The summed E-state index contributed by atoms with van der Waals surface area (Å²) in [7, 11) is 0. The van der Waals surface area contributed by atoms with Gasteiger partial charge in [-0.15, -0.1) is 6.58 Å². The van der Waals surface area contributed by atoms with Gasteiger partial charge in [0, 0.05) is 12.7 Å². The molecule has 1 amide bonds. The lowest BCUT2D eigenvalue weighted by atomic mass is 10.3. The Kier molecular flexibility index (Phi) is 3.46. The zero-order valence-electron chi connectivity index (χ0n) is 6.96. The lowest BCUT2D eigenvalue weighted by Gasteiger charge is -2.02. The maximum Gasteiger partial charge on any atom is 0.271 e. The van der Waals surface area contributed by atoms with Crippen LogP contribution in [0.5, 0.6) is 0 Å². The van der Waals surface area contributed by atoms with Crippen LogP contribution in [0.2, 0.25) is 5.02 Å². The molecule has 0 aliphatic carbocycles. The molecule has 0 aliphatic heterocycles. The molecule has 0 bridgehead atoms. The monoisotopic (exact) mass is 196 g/mol. The van der Waals surface area contributed by atoms with Gasteiger partial charge in [0.05, 0.1) is 5.02 Å². The number of carbonyl (C=O) groups excluding carboxylic acids is 1. The number of nitrogens with one attached hydrogen (secondary N) is 1. The Hall–Kier alpha value is -1.35. The van der Waals surface area contributed by atoms with Crippen LogP contribution >= 0.6 is 11.6 Å². The number of nitrogens with zero attached hydrogens (tertiary/aromatic N) is 1. The van der Waals surface area contributed by atoms with E-state index in [9.17, 15) is 4.79 Å². The second-order valence-electron chi connectivity index (χ2n) is 2.33. The van der Waals surface area contributed by atoms with Crippen LogP contribution in [0.4, 0.5) is 0 Å². The van der Waals surface area contributed by atoms with E-state index in [2.05, 4.69) is 16.9 Å². The molecule has 0 fully saturated rings. The average Bonchev–Trinajstić information content (AvgIpc) is 2.15. The average molecular weight is 197 g/mol. The number of hydrogen-bond donors (Lipinski definition) is 1. The first kappa shape index (κ1) is 9.74. The highest BCUT2D eigenvalue weighted by atomic mass is 35.5. The summed E-state index contributed by atoms with van der Waals surface area (Å²) >= 11 is 5.75. The van der Waals surface area contributed by atoms with E-state index >= 15 is 0 Å². The van der Waals surface area contributed by atoms with Crippen LogP contribution in [0.3, 0.4) is 0 Å². The third-order valence-electron chi connectivity index (χ3n) is 1.38. The zero-order valence-corrected chi connectivity index (χ0v) is 7.71. The van der Waals surface area contributed by atoms with E-state index in [0.29, 0.717) is 11.6 Å². The summed E-state index contributed by atoms with van der Waals surface area (Å²) in [4.78, 5) is 15.2. The van der Waals surface area contributed by atoms with Gasteiger partial charge in [-0.25, -0.2) is 4.98 Å². The highest BCUT2D eigenvalue weighted by Gasteiger charge is 2.09. The van der Waals surface area contributed by atoms with Crippen molar-refractivity contribution in [3.63, 3.8) is 0 Å². The van der Waals surface area contributed by atoms with Crippen molar-refractivity contribution in [3.05, 3.63) is 41.7 Å². The van der Waals surface area contributed by atoms with E-state index in [1.807, 2.05) is 0 Å². The Balaban J connectivity index is 2.76. The first-order valence-electron chi connectivity index (χ1n) is 3.75. The minimum absolute atomic E-state index is 0.242. The van der Waals surface area contributed by atoms with E-state index < -0.39 is 0 Å². The molecular formula is C9H9ClN2O. The predicted octanol–water partition coefficient (Wildman–Crippen LogP) is 1.65. The van der Waals surface area contributed by atoms with Crippen LogP contribution in [-0.2, 0) is 0 Å². The molecule has 4 heteroatoms. The van der Waals surface area contributed by atoms with E-state index in [4.69, 9.17) is 11.6 Å². The SMILES string of the molecule is C=CCNC(=O)c1ncccc1Cl. The third kappa shape index (κ3) is 2.56. The van der Waals surface area contributed by atoms with Crippen LogP contribution < -0.4 is 5.32 Å². The Morgan fingerprint density at radius 1 is 1.77 bits per heavy atom. The van der Waals surface area contributed by atoms with Crippen molar-refractivity contribution >= 4 is 17.5 Å². The molecule has 1 N–H and O–H groups in total. The minimum Gasteiger partial charge on any atom is -0.347 e. The van der Waals surface area contributed by atoms with Crippen molar-refractivity contribution in [1.29, 1.82) is 0 Å². The summed E-state index contributed by atoms with van der Waals surface area (Å²) < 4.78 is 0. The Labute approximate surface area is 81.4 Å². The molecule has 3 nitrogen and oxygen atoms in total. The molecule has 0 spiro atoms. The normalized spacial score (nSPS) is 9.31. The second-order valence-corrected chi connectivity index (χ2v) is 2.74. The molecular weight excluding hydrogens is 188 g/mol. The van der Waals surface area contributed by atoms with Crippen molar-refractivity contribution < 1.29 is 4.79 Å². The van der Waals surface area contributed by atoms with Gasteiger partial charge in [0.2, 0.25) is 0 Å². The maximum atomic E-state index is 11.3. The molecule has 0 atom stereocenters. The molecule has 0 unspecified atom stereocenters. The molecule has 0 radical (unpaired) electrons. The van der Waals surface area contributed by atoms with Gasteiger partial charge in [-0.05, 0) is 12.1 Å². The molecule has 0 aromatic carbocycles. The Bertz CT molecular complexity index is 325. The highest BCUT2D eigenvalue weighted by Crippen LogP contribution is 2.11. The molecule has 68 valence electrons. The number of amides is 1.